The summed E-state index contributed by atoms with van der Waals surface area (Å²) in [6.45, 7) is 3.32. The van der Waals surface area contributed by atoms with E-state index in [1.807, 2.05) is 6.07 Å². The van der Waals surface area contributed by atoms with Crippen LogP contribution in [-0.4, -0.2) is 41.8 Å². The number of ether oxygens (including phenoxy) is 2. The molecule has 0 radical (unpaired) electrons. The maximum atomic E-state index is 13.4. The number of benzene rings is 3. The van der Waals surface area contributed by atoms with Crippen LogP contribution in [0, 0.1) is 0 Å². The van der Waals surface area contributed by atoms with Gasteiger partial charge in [-0.05, 0) is 85.7 Å². The molecule has 10 heteroatoms. The summed E-state index contributed by atoms with van der Waals surface area (Å²) in [7, 11) is -7.22. The van der Waals surface area contributed by atoms with Gasteiger partial charge in [0.2, 0.25) is 10.0 Å². The standard InChI is InChI=1S/C29H33NO7S2/c1-20(2)37-29(31)19-36-28-13-7-11-25-26(28)10-4-5-12-27(25)30-39(34,35)23-16-14-21(15-17-23)22-8-6-9-24(18-22)38(3,32)33/h6-9,11,13-18,20,27,30H,4-5,10,12,19H2,1-3H3. The first-order valence-corrected chi connectivity index (χ1v) is 16.2. The Labute approximate surface area is 230 Å². The third-order valence-electron chi connectivity index (χ3n) is 6.48. The molecular formula is C29H33NO7S2. The summed E-state index contributed by atoms with van der Waals surface area (Å²) in [6, 6.07) is 17.9. The van der Waals surface area contributed by atoms with Crippen LogP contribution in [0.1, 0.15) is 50.3 Å². The molecule has 1 aliphatic carbocycles. The summed E-state index contributed by atoms with van der Waals surface area (Å²) < 4.78 is 64.4. The van der Waals surface area contributed by atoms with E-state index in [1.165, 1.54) is 18.2 Å². The summed E-state index contributed by atoms with van der Waals surface area (Å²) in [5.74, 6) is 0.0972. The van der Waals surface area contributed by atoms with Crippen LogP contribution < -0.4 is 9.46 Å². The third-order valence-corrected chi connectivity index (χ3v) is 9.08. The van der Waals surface area contributed by atoms with Crippen molar-refractivity contribution in [1.29, 1.82) is 0 Å². The van der Waals surface area contributed by atoms with Gasteiger partial charge in [-0.3, -0.25) is 0 Å². The molecule has 0 heterocycles. The van der Waals surface area contributed by atoms with Gasteiger partial charge in [-0.1, -0.05) is 42.8 Å². The lowest BCUT2D eigenvalue weighted by Gasteiger charge is -2.21. The van der Waals surface area contributed by atoms with Crippen molar-refractivity contribution in [2.75, 3.05) is 12.9 Å². The van der Waals surface area contributed by atoms with E-state index < -0.39 is 31.9 Å². The van der Waals surface area contributed by atoms with Crippen LogP contribution in [0.3, 0.4) is 0 Å². The molecule has 1 atom stereocenters. The predicted octanol–water partition coefficient (Wildman–Crippen LogP) is 4.83. The van der Waals surface area contributed by atoms with Crippen LogP contribution >= 0.6 is 0 Å². The van der Waals surface area contributed by atoms with Crippen molar-refractivity contribution < 1.29 is 31.1 Å². The highest BCUT2D eigenvalue weighted by atomic mass is 32.2. The number of sulfonamides is 1. The van der Waals surface area contributed by atoms with Crippen LogP contribution in [0.25, 0.3) is 11.1 Å². The number of esters is 1. The van der Waals surface area contributed by atoms with Crippen LogP contribution in [0.2, 0.25) is 0 Å². The fourth-order valence-electron chi connectivity index (χ4n) is 4.66. The van der Waals surface area contributed by atoms with Crippen molar-refractivity contribution in [1.82, 2.24) is 4.72 Å². The Morgan fingerprint density at radius 3 is 2.33 bits per heavy atom. The van der Waals surface area contributed by atoms with Gasteiger partial charge in [-0.2, -0.15) is 0 Å². The average Bonchev–Trinajstić information content (AvgIpc) is 3.09. The van der Waals surface area contributed by atoms with E-state index in [0.717, 1.165) is 30.2 Å². The van der Waals surface area contributed by atoms with Crippen LogP contribution in [0.5, 0.6) is 5.75 Å². The maximum absolute atomic E-state index is 13.4. The highest BCUT2D eigenvalue weighted by molar-refractivity contribution is 7.90. The molecule has 0 amide bonds. The highest BCUT2D eigenvalue weighted by Gasteiger charge is 2.27. The molecule has 0 aliphatic heterocycles. The number of hydrogen-bond acceptors (Lipinski definition) is 7. The van der Waals surface area contributed by atoms with E-state index in [-0.39, 0.29) is 22.5 Å². The molecule has 1 N–H and O–H groups in total. The van der Waals surface area contributed by atoms with E-state index in [0.29, 0.717) is 29.7 Å². The lowest BCUT2D eigenvalue weighted by atomic mass is 9.99. The van der Waals surface area contributed by atoms with Gasteiger partial charge in [0.25, 0.3) is 0 Å². The first kappa shape index (κ1) is 28.8. The quantitative estimate of drug-likeness (QED) is 0.289. The lowest BCUT2D eigenvalue weighted by molar-refractivity contribution is -0.149. The number of hydrogen-bond donors (Lipinski definition) is 1. The second-order valence-electron chi connectivity index (χ2n) is 9.90. The monoisotopic (exact) mass is 571 g/mol. The number of carbonyl (C=O) groups excluding carboxylic acids is 1. The van der Waals surface area contributed by atoms with Gasteiger partial charge >= 0.3 is 5.97 Å². The zero-order valence-electron chi connectivity index (χ0n) is 22.2. The van der Waals surface area contributed by atoms with Gasteiger partial charge in [-0.25, -0.2) is 26.4 Å². The summed E-state index contributed by atoms with van der Waals surface area (Å²) >= 11 is 0. The summed E-state index contributed by atoms with van der Waals surface area (Å²) in [5, 5.41) is 0. The molecule has 0 aromatic heterocycles. The zero-order valence-corrected chi connectivity index (χ0v) is 23.8. The van der Waals surface area contributed by atoms with Gasteiger partial charge in [0.1, 0.15) is 5.75 Å². The van der Waals surface area contributed by atoms with Gasteiger partial charge < -0.3 is 9.47 Å². The minimum absolute atomic E-state index is 0.111. The van der Waals surface area contributed by atoms with Gasteiger partial charge in [-0.15, -0.1) is 0 Å². The first-order chi connectivity index (χ1) is 18.4. The topological polar surface area (TPSA) is 116 Å². The van der Waals surface area contributed by atoms with E-state index >= 15 is 0 Å². The molecular weight excluding hydrogens is 538 g/mol. The Morgan fingerprint density at radius 1 is 0.923 bits per heavy atom. The van der Waals surface area contributed by atoms with E-state index in [1.54, 1.807) is 56.3 Å². The minimum Gasteiger partial charge on any atom is -0.482 e. The molecule has 1 aliphatic rings. The summed E-state index contributed by atoms with van der Waals surface area (Å²) in [6.07, 6.45) is 3.94. The van der Waals surface area contributed by atoms with Gasteiger partial charge in [0, 0.05) is 12.3 Å². The molecule has 39 heavy (non-hydrogen) atoms. The second-order valence-corrected chi connectivity index (χ2v) is 13.6. The van der Waals surface area contributed by atoms with Crippen molar-refractivity contribution in [3.8, 4) is 16.9 Å². The third kappa shape index (κ3) is 7.26. The van der Waals surface area contributed by atoms with Crippen LogP contribution in [0.15, 0.2) is 76.5 Å². The van der Waals surface area contributed by atoms with Crippen LogP contribution in [0.4, 0.5) is 0 Å². The lowest BCUT2D eigenvalue weighted by Crippen LogP contribution is -2.29. The fourth-order valence-corrected chi connectivity index (χ4v) is 6.58. The number of sulfone groups is 1. The Bertz CT molecular complexity index is 1550. The Balaban J connectivity index is 1.54. The average molecular weight is 572 g/mol. The molecule has 0 fully saturated rings. The van der Waals surface area contributed by atoms with E-state index in [2.05, 4.69) is 4.72 Å². The Kier molecular flexibility index (Phi) is 8.78. The van der Waals surface area contributed by atoms with Crippen molar-refractivity contribution in [2.45, 2.75) is 61.5 Å². The second kappa shape index (κ2) is 11.9. The summed E-state index contributed by atoms with van der Waals surface area (Å²) in [4.78, 5) is 12.3. The van der Waals surface area contributed by atoms with E-state index in [4.69, 9.17) is 9.47 Å². The normalized spacial score (nSPS) is 15.8. The molecule has 0 spiro atoms. The highest BCUT2D eigenvalue weighted by Crippen LogP contribution is 2.35. The van der Waals surface area contributed by atoms with E-state index in [9.17, 15) is 21.6 Å². The number of fused-ring (bicyclic) bond motifs is 1. The zero-order chi connectivity index (χ0) is 28.2. The van der Waals surface area contributed by atoms with Gasteiger partial charge in [0.15, 0.2) is 16.4 Å². The SMILES string of the molecule is CC(C)OC(=O)COc1cccc2c1CCCCC2NS(=O)(=O)c1ccc(-c2cccc(S(C)(=O)=O)c2)cc1. The van der Waals surface area contributed by atoms with Gasteiger partial charge in [0.05, 0.1) is 15.9 Å². The molecule has 1 unspecified atom stereocenters. The molecule has 4 rings (SSSR count). The fraction of sp³-hybridized carbons (Fsp3) is 0.345. The largest absolute Gasteiger partial charge is 0.482 e. The number of rotatable bonds is 9. The summed E-state index contributed by atoms with van der Waals surface area (Å²) in [5.41, 5.74) is 3.11. The van der Waals surface area contributed by atoms with Crippen molar-refractivity contribution in [2.24, 2.45) is 0 Å². The molecule has 3 aromatic rings. The molecule has 208 valence electrons. The van der Waals surface area contributed by atoms with Crippen molar-refractivity contribution in [3.63, 3.8) is 0 Å². The smallest absolute Gasteiger partial charge is 0.344 e. The number of nitrogens with one attached hydrogen (secondary N) is 1. The number of carbonyl (C=O) groups is 1. The molecule has 3 aromatic carbocycles. The predicted molar refractivity (Wildman–Crippen MR) is 149 cm³/mol. The molecule has 0 bridgehead atoms. The van der Waals surface area contributed by atoms with Crippen molar-refractivity contribution in [3.05, 3.63) is 77.9 Å². The molecule has 8 nitrogen and oxygen atoms in total. The molecule has 0 saturated heterocycles. The minimum atomic E-state index is -3.86. The molecule has 0 saturated carbocycles. The maximum Gasteiger partial charge on any atom is 0.344 e. The Hall–Kier alpha value is -3.21. The van der Waals surface area contributed by atoms with Crippen molar-refractivity contribution >= 4 is 25.8 Å². The first-order valence-electron chi connectivity index (χ1n) is 12.8. The Morgan fingerprint density at radius 2 is 1.64 bits per heavy atom. The van der Waals surface area contributed by atoms with Crippen LogP contribution in [-0.2, 0) is 35.8 Å².